The quantitative estimate of drug-likeness (QED) is 0.691. The van der Waals surface area contributed by atoms with Gasteiger partial charge in [0.25, 0.3) is 0 Å². The number of H-pyrrole nitrogens is 1. The lowest BCUT2D eigenvalue weighted by molar-refractivity contribution is 0.0591. The van der Waals surface area contributed by atoms with Crippen LogP contribution in [0.3, 0.4) is 0 Å². The van der Waals surface area contributed by atoms with Gasteiger partial charge in [0, 0.05) is 5.56 Å². The number of nitrogen functional groups attached to an aromatic ring is 1. The fourth-order valence-corrected chi connectivity index (χ4v) is 1.73. The predicted octanol–water partition coefficient (Wildman–Crippen LogP) is 1.05. The van der Waals surface area contributed by atoms with Gasteiger partial charge in [0.2, 0.25) is 0 Å². The molecule has 1 heterocycles. The SMILES string of the molecule is COC(=O)c1[nH]nc(N)c1C1CCC1. The summed E-state index contributed by atoms with van der Waals surface area (Å²) in [5, 5.41) is 6.46. The average Bonchev–Trinajstić information content (AvgIpc) is 2.45. The van der Waals surface area contributed by atoms with E-state index in [0.29, 0.717) is 17.4 Å². The molecular weight excluding hydrogens is 182 g/mol. The fourth-order valence-electron chi connectivity index (χ4n) is 1.73. The molecule has 3 N–H and O–H groups in total. The first-order valence-corrected chi connectivity index (χ1v) is 4.66. The highest BCUT2D eigenvalue weighted by atomic mass is 16.5. The molecule has 0 atom stereocenters. The number of esters is 1. The zero-order chi connectivity index (χ0) is 10.1. The van der Waals surface area contributed by atoms with Crippen molar-refractivity contribution in [2.75, 3.05) is 12.8 Å². The van der Waals surface area contributed by atoms with Gasteiger partial charge in [0.05, 0.1) is 7.11 Å². The normalized spacial score (nSPS) is 16.4. The lowest BCUT2D eigenvalue weighted by Crippen LogP contribution is -2.15. The van der Waals surface area contributed by atoms with Gasteiger partial charge in [-0.2, -0.15) is 5.10 Å². The molecule has 2 rings (SSSR count). The van der Waals surface area contributed by atoms with E-state index in [-0.39, 0.29) is 0 Å². The van der Waals surface area contributed by atoms with E-state index in [1.54, 1.807) is 0 Å². The predicted molar refractivity (Wildman–Crippen MR) is 50.9 cm³/mol. The van der Waals surface area contributed by atoms with Crippen LogP contribution in [-0.2, 0) is 4.74 Å². The summed E-state index contributed by atoms with van der Waals surface area (Å²) in [6.45, 7) is 0. The largest absolute Gasteiger partial charge is 0.464 e. The van der Waals surface area contributed by atoms with Crippen molar-refractivity contribution >= 4 is 11.8 Å². The molecule has 0 aromatic carbocycles. The van der Waals surface area contributed by atoms with Gasteiger partial charge in [-0.1, -0.05) is 6.42 Å². The second kappa shape index (κ2) is 3.32. The van der Waals surface area contributed by atoms with Crippen molar-refractivity contribution in [3.05, 3.63) is 11.3 Å². The number of nitrogens with one attached hydrogen (secondary N) is 1. The molecule has 0 bridgehead atoms. The summed E-state index contributed by atoms with van der Waals surface area (Å²) in [5.74, 6) is 0.411. The van der Waals surface area contributed by atoms with Gasteiger partial charge in [0.1, 0.15) is 11.5 Å². The molecule has 0 saturated heterocycles. The van der Waals surface area contributed by atoms with E-state index in [9.17, 15) is 4.79 Å². The Morgan fingerprint density at radius 2 is 2.36 bits per heavy atom. The average molecular weight is 195 g/mol. The Morgan fingerprint density at radius 3 is 2.86 bits per heavy atom. The number of carbonyl (C=O) groups is 1. The van der Waals surface area contributed by atoms with E-state index < -0.39 is 5.97 Å². The maximum atomic E-state index is 11.3. The molecule has 0 amide bonds. The van der Waals surface area contributed by atoms with Crippen molar-refractivity contribution in [1.29, 1.82) is 0 Å². The number of methoxy groups -OCH3 is 1. The topological polar surface area (TPSA) is 81.0 Å². The summed E-state index contributed by atoms with van der Waals surface area (Å²) < 4.78 is 4.64. The first-order valence-electron chi connectivity index (χ1n) is 4.66. The van der Waals surface area contributed by atoms with Crippen LogP contribution in [0.15, 0.2) is 0 Å². The Bertz CT molecular complexity index is 355. The molecule has 1 aromatic rings. The molecule has 0 aliphatic heterocycles. The summed E-state index contributed by atoms with van der Waals surface area (Å²) in [6, 6.07) is 0. The van der Waals surface area contributed by atoms with Crippen molar-refractivity contribution in [2.45, 2.75) is 25.2 Å². The van der Waals surface area contributed by atoms with Crippen LogP contribution in [-0.4, -0.2) is 23.3 Å². The highest BCUT2D eigenvalue weighted by molar-refractivity contribution is 5.90. The van der Waals surface area contributed by atoms with Crippen LogP contribution in [0.1, 0.15) is 41.2 Å². The van der Waals surface area contributed by atoms with E-state index in [2.05, 4.69) is 14.9 Å². The van der Waals surface area contributed by atoms with Gasteiger partial charge in [0.15, 0.2) is 0 Å². The minimum atomic E-state index is -0.392. The minimum absolute atomic E-state index is 0.378. The molecule has 0 spiro atoms. The summed E-state index contributed by atoms with van der Waals surface area (Å²) in [6.07, 6.45) is 3.34. The van der Waals surface area contributed by atoms with Crippen molar-refractivity contribution in [1.82, 2.24) is 10.2 Å². The lowest BCUT2D eigenvalue weighted by atomic mass is 9.79. The van der Waals surface area contributed by atoms with Crippen molar-refractivity contribution in [3.8, 4) is 0 Å². The fraction of sp³-hybridized carbons (Fsp3) is 0.556. The van der Waals surface area contributed by atoms with Crippen LogP contribution in [0, 0.1) is 0 Å². The summed E-state index contributed by atoms with van der Waals surface area (Å²) in [5.41, 5.74) is 6.94. The zero-order valence-electron chi connectivity index (χ0n) is 8.04. The first-order chi connectivity index (χ1) is 6.74. The Hall–Kier alpha value is -1.52. The second-order valence-corrected chi connectivity index (χ2v) is 3.52. The van der Waals surface area contributed by atoms with Crippen molar-refractivity contribution < 1.29 is 9.53 Å². The molecular formula is C9H13N3O2. The van der Waals surface area contributed by atoms with E-state index in [0.717, 1.165) is 18.4 Å². The number of nitrogens with zero attached hydrogens (tertiary/aromatic N) is 1. The summed E-state index contributed by atoms with van der Waals surface area (Å²) >= 11 is 0. The number of hydrogen-bond donors (Lipinski definition) is 2. The molecule has 5 heteroatoms. The first kappa shape index (κ1) is 9.05. The van der Waals surface area contributed by atoms with Crippen LogP contribution in [0.5, 0.6) is 0 Å². The number of anilines is 1. The Labute approximate surface area is 81.6 Å². The van der Waals surface area contributed by atoms with Gasteiger partial charge in [-0.25, -0.2) is 4.79 Å². The van der Waals surface area contributed by atoms with Crippen LogP contribution in [0.2, 0.25) is 0 Å². The number of aromatic amines is 1. The van der Waals surface area contributed by atoms with Gasteiger partial charge >= 0.3 is 5.97 Å². The molecule has 1 fully saturated rings. The monoisotopic (exact) mass is 195 g/mol. The maximum Gasteiger partial charge on any atom is 0.356 e. The number of aromatic nitrogens is 2. The number of rotatable bonds is 2. The molecule has 0 radical (unpaired) electrons. The van der Waals surface area contributed by atoms with E-state index in [4.69, 9.17) is 5.73 Å². The van der Waals surface area contributed by atoms with Crippen LogP contribution >= 0.6 is 0 Å². The molecule has 0 unspecified atom stereocenters. The second-order valence-electron chi connectivity index (χ2n) is 3.52. The van der Waals surface area contributed by atoms with Crippen LogP contribution in [0.4, 0.5) is 5.82 Å². The van der Waals surface area contributed by atoms with Crippen molar-refractivity contribution in [3.63, 3.8) is 0 Å². The molecule has 14 heavy (non-hydrogen) atoms. The van der Waals surface area contributed by atoms with E-state index >= 15 is 0 Å². The highest BCUT2D eigenvalue weighted by Crippen LogP contribution is 2.40. The zero-order valence-corrected chi connectivity index (χ0v) is 8.04. The minimum Gasteiger partial charge on any atom is -0.464 e. The summed E-state index contributed by atoms with van der Waals surface area (Å²) in [7, 11) is 1.35. The number of ether oxygens (including phenoxy) is 1. The third-order valence-electron chi connectivity index (χ3n) is 2.74. The van der Waals surface area contributed by atoms with Gasteiger partial charge in [-0.15, -0.1) is 0 Å². The van der Waals surface area contributed by atoms with Gasteiger partial charge < -0.3 is 10.5 Å². The Kier molecular flexibility index (Phi) is 2.15. The Balaban J connectivity index is 2.34. The van der Waals surface area contributed by atoms with Crippen LogP contribution < -0.4 is 5.73 Å². The number of nitrogens with two attached hydrogens (primary N) is 1. The van der Waals surface area contributed by atoms with Crippen molar-refractivity contribution in [2.24, 2.45) is 0 Å². The third kappa shape index (κ3) is 1.25. The van der Waals surface area contributed by atoms with E-state index in [1.807, 2.05) is 0 Å². The molecule has 1 aliphatic carbocycles. The molecule has 5 nitrogen and oxygen atoms in total. The highest BCUT2D eigenvalue weighted by Gasteiger charge is 2.29. The standard InChI is InChI=1S/C9H13N3O2/c1-14-9(13)7-6(5-3-2-4-5)8(10)12-11-7/h5H,2-4H2,1H3,(H3,10,11,12). The molecule has 1 aromatic heterocycles. The number of carbonyl (C=O) groups excluding carboxylic acids is 1. The van der Waals surface area contributed by atoms with Gasteiger partial charge in [-0.05, 0) is 18.8 Å². The number of hydrogen-bond acceptors (Lipinski definition) is 4. The van der Waals surface area contributed by atoms with Crippen LogP contribution in [0.25, 0.3) is 0 Å². The van der Waals surface area contributed by atoms with Gasteiger partial charge in [-0.3, -0.25) is 5.10 Å². The third-order valence-corrected chi connectivity index (χ3v) is 2.74. The smallest absolute Gasteiger partial charge is 0.356 e. The van der Waals surface area contributed by atoms with E-state index in [1.165, 1.54) is 13.5 Å². The lowest BCUT2D eigenvalue weighted by Gasteiger charge is -2.25. The Morgan fingerprint density at radius 1 is 1.64 bits per heavy atom. The molecule has 76 valence electrons. The molecule has 1 saturated carbocycles. The summed E-state index contributed by atoms with van der Waals surface area (Å²) in [4.78, 5) is 11.3. The maximum absolute atomic E-state index is 11.3. The molecule has 1 aliphatic rings.